The lowest BCUT2D eigenvalue weighted by Gasteiger charge is -2.18. The van der Waals surface area contributed by atoms with Crippen LogP contribution in [0.1, 0.15) is 201 Å². The van der Waals surface area contributed by atoms with E-state index in [1.165, 1.54) is 51.4 Å². The summed E-state index contributed by atoms with van der Waals surface area (Å²) in [5.41, 5.74) is 0. The van der Waals surface area contributed by atoms with E-state index in [1.807, 2.05) is 0 Å². The van der Waals surface area contributed by atoms with Crippen LogP contribution in [-0.2, 0) is 28.6 Å². The summed E-state index contributed by atoms with van der Waals surface area (Å²) in [6, 6.07) is 0. The van der Waals surface area contributed by atoms with Gasteiger partial charge in [-0.15, -0.1) is 0 Å². The fourth-order valence-electron chi connectivity index (χ4n) is 5.76. The lowest BCUT2D eigenvalue weighted by atomic mass is 10.1. The molecule has 0 bridgehead atoms. The highest BCUT2D eigenvalue weighted by atomic mass is 16.6. The number of allylic oxidation sites excluding steroid dienone is 10. The average molecular weight is 741 g/mol. The average Bonchev–Trinajstić information content (AvgIpc) is 3.15. The summed E-state index contributed by atoms with van der Waals surface area (Å²) in [7, 11) is 0. The summed E-state index contributed by atoms with van der Waals surface area (Å²) in [6.07, 6.45) is 49.4. The van der Waals surface area contributed by atoms with Gasteiger partial charge >= 0.3 is 17.9 Å². The van der Waals surface area contributed by atoms with Gasteiger partial charge in [0.15, 0.2) is 6.10 Å². The fourth-order valence-corrected chi connectivity index (χ4v) is 5.76. The van der Waals surface area contributed by atoms with Crippen LogP contribution in [0, 0.1) is 0 Å². The Labute approximate surface area is 326 Å². The first kappa shape index (κ1) is 50.1. The van der Waals surface area contributed by atoms with Gasteiger partial charge in [-0.25, -0.2) is 0 Å². The SMILES string of the molecule is CC/C=C\C/C=C\C/C=C\C/C=C\C/C=C\CCCCCCCC(=O)OCC(COC(=O)CCCCCCCCC)OC(=O)CCCCCCCCC. The van der Waals surface area contributed by atoms with E-state index in [1.54, 1.807) is 0 Å². The van der Waals surface area contributed by atoms with Crippen molar-refractivity contribution in [3.05, 3.63) is 60.8 Å². The highest BCUT2D eigenvalue weighted by Gasteiger charge is 2.19. The van der Waals surface area contributed by atoms with Crippen LogP contribution in [0.5, 0.6) is 0 Å². The van der Waals surface area contributed by atoms with Crippen molar-refractivity contribution in [3.63, 3.8) is 0 Å². The van der Waals surface area contributed by atoms with Crippen molar-refractivity contribution in [1.29, 1.82) is 0 Å². The summed E-state index contributed by atoms with van der Waals surface area (Å²) >= 11 is 0. The first-order valence-corrected chi connectivity index (χ1v) is 21.8. The molecular weight excluding hydrogens is 661 g/mol. The second-order valence-corrected chi connectivity index (χ2v) is 14.2. The van der Waals surface area contributed by atoms with Gasteiger partial charge in [0.2, 0.25) is 0 Å². The predicted octanol–water partition coefficient (Wildman–Crippen LogP) is 13.7. The summed E-state index contributed by atoms with van der Waals surface area (Å²) in [5.74, 6) is -0.919. The number of unbranched alkanes of at least 4 members (excludes halogenated alkanes) is 17. The molecule has 0 aliphatic heterocycles. The third-order valence-corrected chi connectivity index (χ3v) is 9.04. The van der Waals surface area contributed by atoms with Gasteiger partial charge in [-0.05, 0) is 64.2 Å². The lowest BCUT2D eigenvalue weighted by Crippen LogP contribution is -2.30. The smallest absolute Gasteiger partial charge is 0.306 e. The molecule has 6 heteroatoms. The van der Waals surface area contributed by atoms with Crippen LogP contribution >= 0.6 is 0 Å². The first-order valence-electron chi connectivity index (χ1n) is 21.8. The van der Waals surface area contributed by atoms with Crippen molar-refractivity contribution >= 4 is 17.9 Å². The minimum Gasteiger partial charge on any atom is -0.462 e. The maximum absolute atomic E-state index is 12.6. The standard InChI is InChI=1S/C47H80O6/c1-4-7-10-13-16-17-18-19-20-21-22-23-24-25-26-27-28-29-32-34-37-40-46(49)52-43-44(53-47(50)41-38-35-31-15-12-9-6-3)42-51-45(48)39-36-33-30-14-11-8-5-2/h7,10,16-17,19-20,22-23,25-26,44H,4-6,8-9,11-15,18,21,24,27-43H2,1-3H3/b10-7-,17-16-,20-19-,23-22-,26-25-. The molecule has 6 nitrogen and oxygen atoms in total. The highest BCUT2D eigenvalue weighted by molar-refractivity contribution is 5.71. The van der Waals surface area contributed by atoms with Crippen LogP contribution in [0.15, 0.2) is 60.8 Å². The summed E-state index contributed by atoms with van der Waals surface area (Å²) in [6.45, 7) is 6.40. The van der Waals surface area contributed by atoms with Crippen LogP contribution in [0.25, 0.3) is 0 Å². The molecule has 304 valence electrons. The van der Waals surface area contributed by atoms with Gasteiger partial charge in [-0.2, -0.15) is 0 Å². The number of rotatable bonds is 38. The number of carbonyl (C=O) groups is 3. The van der Waals surface area contributed by atoms with E-state index >= 15 is 0 Å². The molecule has 0 fully saturated rings. The molecule has 1 unspecified atom stereocenters. The number of ether oxygens (including phenoxy) is 3. The molecule has 0 aromatic heterocycles. The molecule has 0 aromatic rings. The van der Waals surface area contributed by atoms with Crippen molar-refractivity contribution in [2.24, 2.45) is 0 Å². The molecule has 1 atom stereocenters. The van der Waals surface area contributed by atoms with Gasteiger partial charge in [0.05, 0.1) is 0 Å². The Morgan fingerprint density at radius 3 is 1.15 bits per heavy atom. The zero-order valence-electron chi connectivity index (χ0n) is 34.5. The van der Waals surface area contributed by atoms with E-state index in [0.29, 0.717) is 19.3 Å². The Balaban J connectivity index is 4.21. The maximum Gasteiger partial charge on any atom is 0.306 e. The molecule has 0 aromatic carbocycles. The molecule has 0 aliphatic rings. The van der Waals surface area contributed by atoms with Gasteiger partial charge in [0.25, 0.3) is 0 Å². The Kier molecular flexibility index (Phi) is 39.6. The molecule has 0 amide bonds. The maximum atomic E-state index is 12.6. The summed E-state index contributed by atoms with van der Waals surface area (Å²) < 4.78 is 16.5. The van der Waals surface area contributed by atoms with Gasteiger partial charge in [-0.1, -0.05) is 178 Å². The van der Waals surface area contributed by atoms with Crippen molar-refractivity contribution in [3.8, 4) is 0 Å². The topological polar surface area (TPSA) is 78.9 Å². The Morgan fingerprint density at radius 1 is 0.396 bits per heavy atom. The minimum atomic E-state index is -0.773. The Hall–Kier alpha value is -2.89. The van der Waals surface area contributed by atoms with Gasteiger partial charge < -0.3 is 14.2 Å². The van der Waals surface area contributed by atoms with Crippen molar-refractivity contribution < 1.29 is 28.6 Å². The van der Waals surface area contributed by atoms with E-state index in [2.05, 4.69) is 81.5 Å². The van der Waals surface area contributed by atoms with Crippen LogP contribution < -0.4 is 0 Å². The van der Waals surface area contributed by atoms with E-state index in [0.717, 1.165) is 109 Å². The largest absolute Gasteiger partial charge is 0.462 e. The summed E-state index contributed by atoms with van der Waals surface area (Å²) in [5, 5.41) is 0. The Bertz CT molecular complexity index is 991. The quantitative estimate of drug-likeness (QED) is 0.0271. The molecule has 0 radical (unpaired) electrons. The van der Waals surface area contributed by atoms with E-state index in [-0.39, 0.29) is 31.1 Å². The van der Waals surface area contributed by atoms with Crippen molar-refractivity contribution in [1.82, 2.24) is 0 Å². The van der Waals surface area contributed by atoms with Gasteiger partial charge in [0.1, 0.15) is 13.2 Å². The molecule has 0 saturated heterocycles. The third-order valence-electron chi connectivity index (χ3n) is 9.04. The number of carbonyl (C=O) groups excluding carboxylic acids is 3. The van der Waals surface area contributed by atoms with Crippen LogP contribution in [-0.4, -0.2) is 37.2 Å². The number of esters is 3. The Morgan fingerprint density at radius 2 is 0.736 bits per heavy atom. The fraction of sp³-hybridized carbons (Fsp3) is 0.723. The zero-order valence-corrected chi connectivity index (χ0v) is 34.5. The monoisotopic (exact) mass is 741 g/mol. The second-order valence-electron chi connectivity index (χ2n) is 14.2. The summed E-state index contributed by atoms with van der Waals surface area (Å²) in [4.78, 5) is 37.4. The van der Waals surface area contributed by atoms with Crippen molar-refractivity contribution in [2.45, 2.75) is 207 Å². The normalized spacial score (nSPS) is 12.6. The van der Waals surface area contributed by atoms with Gasteiger partial charge in [-0.3, -0.25) is 14.4 Å². The molecule has 0 N–H and O–H groups in total. The predicted molar refractivity (Wildman–Crippen MR) is 224 cm³/mol. The van der Waals surface area contributed by atoms with E-state index in [9.17, 15) is 14.4 Å². The second kappa shape index (κ2) is 41.9. The molecule has 0 aliphatic carbocycles. The minimum absolute atomic E-state index is 0.0801. The molecule has 0 heterocycles. The van der Waals surface area contributed by atoms with Gasteiger partial charge in [0, 0.05) is 19.3 Å². The zero-order chi connectivity index (χ0) is 38.7. The van der Waals surface area contributed by atoms with Crippen LogP contribution in [0.3, 0.4) is 0 Å². The lowest BCUT2D eigenvalue weighted by molar-refractivity contribution is -0.167. The van der Waals surface area contributed by atoms with E-state index in [4.69, 9.17) is 14.2 Å². The first-order chi connectivity index (χ1) is 26.0. The molecule has 53 heavy (non-hydrogen) atoms. The molecule has 0 spiro atoms. The molecule has 0 saturated carbocycles. The van der Waals surface area contributed by atoms with Crippen LogP contribution in [0.2, 0.25) is 0 Å². The third kappa shape index (κ3) is 40.1. The molecular formula is C47H80O6. The van der Waals surface area contributed by atoms with Crippen molar-refractivity contribution in [2.75, 3.05) is 13.2 Å². The number of hydrogen-bond donors (Lipinski definition) is 0. The van der Waals surface area contributed by atoms with Crippen LogP contribution in [0.4, 0.5) is 0 Å². The van der Waals surface area contributed by atoms with E-state index < -0.39 is 6.10 Å². The number of hydrogen-bond acceptors (Lipinski definition) is 6. The highest BCUT2D eigenvalue weighted by Crippen LogP contribution is 2.13. The molecule has 0 rings (SSSR count).